The average Bonchev–Trinajstić information content (AvgIpc) is 2.69. The Kier molecular flexibility index (Phi) is 5.82. The maximum absolute atomic E-state index is 12.8. The van der Waals surface area contributed by atoms with Crippen LogP contribution in [0.1, 0.15) is 29.3 Å². The Labute approximate surface area is 160 Å². The molecule has 0 atom stereocenters. The molecule has 144 valence electrons. The van der Waals surface area contributed by atoms with Crippen LogP contribution in [0.5, 0.6) is 0 Å². The Morgan fingerprint density at radius 1 is 0.963 bits per heavy atom. The summed E-state index contributed by atoms with van der Waals surface area (Å²) in [6, 6.07) is 13.9. The summed E-state index contributed by atoms with van der Waals surface area (Å²) in [7, 11) is -3.53. The highest BCUT2D eigenvalue weighted by atomic mass is 32.2. The molecule has 0 radical (unpaired) electrons. The standard InChI is InChI=1S/C20H25N3O3S/c1-2-3-16-4-10-19(11-5-16)27(25,26)23-14-12-22(13-15-23)20(24)17-6-8-18(21)9-7-17/h4-11H,2-3,12-15,21H2,1H3. The molecule has 0 saturated carbocycles. The molecule has 0 aromatic heterocycles. The van der Waals surface area contributed by atoms with E-state index in [1.807, 2.05) is 12.1 Å². The van der Waals surface area contributed by atoms with Gasteiger partial charge in [-0.1, -0.05) is 25.5 Å². The molecule has 6 nitrogen and oxygen atoms in total. The van der Waals surface area contributed by atoms with E-state index in [1.165, 1.54) is 4.31 Å². The van der Waals surface area contributed by atoms with Gasteiger partial charge in [-0.3, -0.25) is 4.79 Å². The highest BCUT2D eigenvalue weighted by Crippen LogP contribution is 2.20. The van der Waals surface area contributed by atoms with Gasteiger partial charge in [0.25, 0.3) is 5.91 Å². The average molecular weight is 388 g/mol. The molecule has 0 aliphatic carbocycles. The molecule has 7 heteroatoms. The van der Waals surface area contributed by atoms with Gasteiger partial charge in [-0.25, -0.2) is 8.42 Å². The minimum absolute atomic E-state index is 0.101. The lowest BCUT2D eigenvalue weighted by molar-refractivity contribution is 0.0698. The first-order valence-electron chi connectivity index (χ1n) is 9.15. The van der Waals surface area contributed by atoms with E-state index < -0.39 is 10.0 Å². The molecule has 1 saturated heterocycles. The maximum atomic E-state index is 12.8. The molecule has 0 bridgehead atoms. The number of aryl methyl sites for hydroxylation is 1. The van der Waals surface area contributed by atoms with Crippen LogP contribution >= 0.6 is 0 Å². The highest BCUT2D eigenvalue weighted by molar-refractivity contribution is 7.89. The van der Waals surface area contributed by atoms with Crippen molar-refractivity contribution in [1.82, 2.24) is 9.21 Å². The SMILES string of the molecule is CCCc1ccc(S(=O)(=O)N2CCN(C(=O)c3ccc(N)cc3)CC2)cc1. The van der Waals surface area contributed by atoms with Gasteiger partial charge >= 0.3 is 0 Å². The van der Waals surface area contributed by atoms with Crippen molar-refractivity contribution in [2.75, 3.05) is 31.9 Å². The van der Waals surface area contributed by atoms with Crippen LogP contribution in [-0.2, 0) is 16.4 Å². The first-order chi connectivity index (χ1) is 12.9. The third-order valence-corrected chi connectivity index (χ3v) is 6.70. The lowest BCUT2D eigenvalue weighted by atomic mass is 10.1. The topological polar surface area (TPSA) is 83.7 Å². The third kappa shape index (κ3) is 4.31. The van der Waals surface area contributed by atoms with Crippen molar-refractivity contribution in [2.45, 2.75) is 24.7 Å². The quantitative estimate of drug-likeness (QED) is 0.799. The zero-order chi connectivity index (χ0) is 19.4. The third-order valence-electron chi connectivity index (χ3n) is 4.78. The Hall–Kier alpha value is -2.38. The number of anilines is 1. The van der Waals surface area contributed by atoms with Crippen molar-refractivity contribution < 1.29 is 13.2 Å². The van der Waals surface area contributed by atoms with Crippen molar-refractivity contribution >= 4 is 21.6 Å². The maximum Gasteiger partial charge on any atom is 0.253 e. The van der Waals surface area contributed by atoms with Gasteiger partial charge in [0.1, 0.15) is 0 Å². The number of nitrogen functional groups attached to an aromatic ring is 1. The molecule has 3 rings (SSSR count). The summed E-state index contributed by atoms with van der Waals surface area (Å²) in [5, 5.41) is 0. The van der Waals surface area contributed by atoms with Crippen LogP contribution in [0.25, 0.3) is 0 Å². The van der Waals surface area contributed by atoms with Gasteiger partial charge in [-0.05, 0) is 48.4 Å². The van der Waals surface area contributed by atoms with Gasteiger partial charge in [0, 0.05) is 37.4 Å². The van der Waals surface area contributed by atoms with Crippen LogP contribution in [0.15, 0.2) is 53.4 Å². The second-order valence-electron chi connectivity index (χ2n) is 6.71. The van der Waals surface area contributed by atoms with Crippen molar-refractivity contribution in [2.24, 2.45) is 0 Å². The molecule has 0 spiro atoms. The summed E-state index contributed by atoms with van der Waals surface area (Å²) >= 11 is 0. The van der Waals surface area contributed by atoms with Gasteiger partial charge < -0.3 is 10.6 Å². The first-order valence-corrected chi connectivity index (χ1v) is 10.6. The lowest BCUT2D eigenvalue weighted by Crippen LogP contribution is -2.50. The van der Waals surface area contributed by atoms with E-state index in [9.17, 15) is 13.2 Å². The second kappa shape index (κ2) is 8.10. The van der Waals surface area contributed by atoms with E-state index in [4.69, 9.17) is 5.73 Å². The molecule has 1 fully saturated rings. The molecular weight excluding hydrogens is 362 g/mol. The van der Waals surface area contributed by atoms with Crippen molar-refractivity contribution in [1.29, 1.82) is 0 Å². The molecule has 1 aliphatic rings. The number of nitrogens with two attached hydrogens (primary N) is 1. The largest absolute Gasteiger partial charge is 0.399 e. The number of benzene rings is 2. The summed E-state index contributed by atoms with van der Waals surface area (Å²) in [6.45, 7) is 3.42. The lowest BCUT2D eigenvalue weighted by Gasteiger charge is -2.34. The van der Waals surface area contributed by atoms with Crippen molar-refractivity contribution in [3.05, 3.63) is 59.7 Å². The number of piperazine rings is 1. The molecule has 0 unspecified atom stereocenters. The van der Waals surface area contributed by atoms with E-state index in [0.717, 1.165) is 18.4 Å². The van der Waals surface area contributed by atoms with Gasteiger partial charge in [0.05, 0.1) is 4.90 Å². The van der Waals surface area contributed by atoms with Crippen molar-refractivity contribution in [3.8, 4) is 0 Å². The number of hydrogen-bond donors (Lipinski definition) is 1. The van der Waals surface area contributed by atoms with Crippen molar-refractivity contribution in [3.63, 3.8) is 0 Å². The fourth-order valence-electron chi connectivity index (χ4n) is 3.21. The Balaban J connectivity index is 1.65. The molecule has 2 N–H and O–H groups in total. The predicted molar refractivity (Wildman–Crippen MR) is 106 cm³/mol. The summed E-state index contributed by atoms with van der Waals surface area (Å²) in [5.74, 6) is -0.101. The number of carbonyl (C=O) groups is 1. The Bertz CT molecular complexity index is 885. The summed E-state index contributed by atoms with van der Waals surface area (Å²) in [6.07, 6.45) is 1.96. The monoisotopic (exact) mass is 387 g/mol. The molecule has 1 aliphatic heterocycles. The molecule has 1 heterocycles. The number of amides is 1. The van der Waals surface area contributed by atoms with Gasteiger partial charge in [-0.2, -0.15) is 4.31 Å². The first kappa shape index (κ1) is 19.4. The van der Waals surface area contributed by atoms with Crippen LogP contribution in [0, 0.1) is 0 Å². The predicted octanol–water partition coefficient (Wildman–Crippen LogP) is 2.37. The number of hydrogen-bond acceptors (Lipinski definition) is 4. The fourth-order valence-corrected chi connectivity index (χ4v) is 4.63. The zero-order valence-corrected chi connectivity index (χ0v) is 16.3. The highest BCUT2D eigenvalue weighted by Gasteiger charge is 2.30. The number of rotatable bonds is 5. The summed E-state index contributed by atoms with van der Waals surface area (Å²) in [4.78, 5) is 14.5. The number of sulfonamides is 1. The van der Waals surface area contributed by atoms with Crippen LogP contribution < -0.4 is 5.73 Å². The minimum Gasteiger partial charge on any atom is -0.399 e. The van der Waals surface area contributed by atoms with Crippen LogP contribution in [-0.4, -0.2) is 49.7 Å². The van der Waals surface area contributed by atoms with Gasteiger partial charge in [0.2, 0.25) is 10.0 Å². The Morgan fingerprint density at radius 2 is 1.56 bits per heavy atom. The van der Waals surface area contributed by atoms with Crippen LogP contribution in [0.2, 0.25) is 0 Å². The molecular formula is C20H25N3O3S. The normalized spacial score (nSPS) is 15.7. The summed E-state index contributed by atoms with van der Waals surface area (Å²) in [5.41, 5.74) is 7.96. The zero-order valence-electron chi connectivity index (χ0n) is 15.5. The van der Waals surface area contributed by atoms with Crippen LogP contribution in [0.3, 0.4) is 0 Å². The molecule has 1 amide bonds. The molecule has 2 aromatic carbocycles. The minimum atomic E-state index is -3.53. The van der Waals surface area contributed by atoms with E-state index in [0.29, 0.717) is 42.3 Å². The molecule has 2 aromatic rings. The number of nitrogens with zero attached hydrogens (tertiary/aromatic N) is 2. The summed E-state index contributed by atoms with van der Waals surface area (Å²) < 4.78 is 27.2. The second-order valence-corrected chi connectivity index (χ2v) is 8.65. The number of carbonyl (C=O) groups excluding carboxylic acids is 1. The smallest absolute Gasteiger partial charge is 0.253 e. The van der Waals surface area contributed by atoms with Gasteiger partial charge in [0.15, 0.2) is 0 Å². The van der Waals surface area contributed by atoms with E-state index in [1.54, 1.807) is 41.3 Å². The Morgan fingerprint density at radius 3 is 2.11 bits per heavy atom. The van der Waals surface area contributed by atoms with Crippen LogP contribution in [0.4, 0.5) is 5.69 Å². The van der Waals surface area contributed by atoms with E-state index >= 15 is 0 Å². The van der Waals surface area contributed by atoms with E-state index in [2.05, 4.69) is 6.92 Å². The van der Waals surface area contributed by atoms with Gasteiger partial charge in [-0.15, -0.1) is 0 Å². The van der Waals surface area contributed by atoms with E-state index in [-0.39, 0.29) is 5.91 Å². The molecule has 27 heavy (non-hydrogen) atoms. The fraction of sp³-hybridized carbons (Fsp3) is 0.350.